The SMILES string of the molecule is COC(=O)c1ccc(Nc2cc(C(=O)Nc3ccccc3F)ccn2)cc1. The Bertz CT molecular complexity index is 974. The van der Waals surface area contributed by atoms with Crippen LogP contribution in [0, 0.1) is 5.82 Å². The zero-order chi connectivity index (χ0) is 19.2. The number of aromatic nitrogens is 1. The molecule has 27 heavy (non-hydrogen) atoms. The number of carbonyl (C=O) groups is 2. The van der Waals surface area contributed by atoms with Crippen LogP contribution in [-0.4, -0.2) is 24.0 Å². The highest BCUT2D eigenvalue weighted by Crippen LogP contribution is 2.18. The van der Waals surface area contributed by atoms with Gasteiger partial charge in [-0.1, -0.05) is 12.1 Å². The topological polar surface area (TPSA) is 80.3 Å². The zero-order valence-corrected chi connectivity index (χ0v) is 14.4. The van der Waals surface area contributed by atoms with E-state index in [1.165, 1.54) is 31.5 Å². The van der Waals surface area contributed by atoms with Gasteiger partial charge in [0.25, 0.3) is 5.91 Å². The van der Waals surface area contributed by atoms with Crippen molar-refractivity contribution in [1.82, 2.24) is 4.98 Å². The van der Waals surface area contributed by atoms with Crippen LogP contribution < -0.4 is 10.6 Å². The average Bonchev–Trinajstić information content (AvgIpc) is 2.70. The molecule has 0 saturated heterocycles. The quantitative estimate of drug-likeness (QED) is 0.668. The van der Waals surface area contributed by atoms with Crippen LogP contribution in [0.25, 0.3) is 0 Å². The predicted molar refractivity (Wildman–Crippen MR) is 99.7 cm³/mol. The zero-order valence-electron chi connectivity index (χ0n) is 14.4. The Hall–Kier alpha value is -3.74. The third kappa shape index (κ3) is 4.46. The van der Waals surface area contributed by atoms with Gasteiger partial charge in [-0.3, -0.25) is 4.79 Å². The van der Waals surface area contributed by atoms with Crippen molar-refractivity contribution in [2.75, 3.05) is 17.7 Å². The molecule has 1 aromatic heterocycles. The lowest BCUT2D eigenvalue weighted by Gasteiger charge is -2.09. The minimum Gasteiger partial charge on any atom is -0.465 e. The molecule has 2 N–H and O–H groups in total. The third-order valence-corrected chi connectivity index (χ3v) is 3.72. The van der Waals surface area contributed by atoms with Crippen LogP contribution in [0.15, 0.2) is 66.9 Å². The van der Waals surface area contributed by atoms with E-state index in [1.807, 2.05) is 0 Å². The van der Waals surface area contributed by atoms with Gasteiger partial charge in [0.2, 0.25) is 0 Å². The number of halogens is 1. The number of para-hydroxylation sites is 1. The van der Waals surface area contributed by atoms with E-state index in [2.05, 4.69) is 20.4 Å². The summed E-state index contributed by atoms with van der Waals surface area (Å²) in [6.07, 6.45) is 1.47. The van der Waals surface area contributed by atoms with Crippen molar-refractivity contribution in [2.24, 2.45) is 0 Å². The second-order valence-corrected chi connectivity index (χ2v) is 5.56. The number of pyridine rings is 1. The molecule has 2 aromatic carbocycles. The number of anilines is 3. The predicted octanol–water partition coefficient (Wildman–Crippen LogP) is 4.00. The average molecular weight is 365 g/mol. The highest BCUT2D eigenvalue weighted by atomic mass is 19.1. The normalized spacial score (nSPS) is 10.1. The number of methoxy groups -OCH3 is 1. The molecule has 1 amide bonds. The number of ether oxygens (including phenoxy) is 1. The molecule has 3 rings (SSSR count). The summed E-state index contributed by atoms with van der Waals surface area (Å²) < 4.78 is 18.3. The molecule has 0 saturated carbocycles. The van der Waals surface area contributed by atoms with Gasteiger partial charge in [-0.2, -0.15) is 0 Å². The van der Waals surface area contributed by atoms with E-state index >= 15 is 0 Å². The number of rotatable bonds is 5. The summed E-state index contributed by atoms with van der Waals surface area (Å²) >= 11 is 0. The van der Waals surface area contributed by atoms with E-state index in [0.717, 1.165) is 0 Å². The van der Waals surface area contributed by atoms with Gasteiger partial charge in [0, 0.05) is 17.4 Å². The first-order valence-corrected chi connectivity index (χ1v) is 8.04. The number of hydrogen-bond acceptors (Lipinski definition) is 5. The van der Waals surface area contributed by atoms with Crippen molar-refractivity contribution in [2.45, 2.75) is 0 Å². The molecule has 3 aromatic rings. The molecular formula is C20H16FN3O3. The van der Waals surface area contributed by atoms with Gasteiger partial charge in [0.1, 0.15) is 11.6 Å². The van der Waals surface area contributed by atoms with Gasteiger partial charge < -0.3 is 15.4 Å². The Morgan fingerprint density at radius 1 is 1.00 bits per heavy atom. The highest BCUT2D eigenvalue weighted by Gasteiger charge is 2.10. The first-order chi connectivity index (χ1) is 13.1. The number of amides is 1. The summed E-state index contributed by atoms with van der Waals surface area (Å²) in [5.41, 5.74) is 1.53. The van der Waals surface area contributed by atoms with Gasteiger partial charge in [0.05, 0.1) is 18.4 Å². The van der Waals surface area contributed by atoms with Gasteiger partial charge in [-0.05, 0) is 48.5 Å². The Kier molecular flexibility index (Phi) is 5.41. The number of benzene rings is 2. The first kappa shape index (κ1) is 18.1. The minimum atomic E-state index is -0.510. The molecule has 6 nitrogen and oxygen atoms in total. The lowest BCUT2D eigenvalue weighted by molar-refractivity contribution is 0.0600. The fourth-order valence-electron chi connectivity index (χ4n) is 2.35. The van der Waals surface area contributed by atoms with Crippen molar-refractivity contribution in [3.05, 3.63) is 83.8 Å². The van der Waals surface area contributed by atoms with Crippen LogP contribution in [0.5, 0.6) is 0 Å². The van der Waals surface area contributed by atoms with Gasteiger partial charge in [-0.15, -0.1) is 0 Å². The summed E-state index contributed by atoms with van der Waals surface area (Å²) in [6.45, 7) is 0. The van der Waals surface area contributed by atoms with E-state index < -0.39 is 17.7 Å². The molecule has 0 spiro atoms. The van der Waals surface area contributed by atoms with Gasteiger partial charge >= 0.3 is 5.97 Å². The van der Waals surface area contributed by atoms with Crippen molar-refractivity contribution in [1.29, 1.82) is 0 Å². The Morgan fingerprint density at radius 2 is 1.74 bits per heavy atom. The Balaban J connectivity index is 1.72. The van der Waals surface area contributed by atoms with Gasteiger partial charge in [-0.25, -0.2) is 14.2 Å². The second-order valence-electron chi connectivity index (χ2n) is 5.56. The largest absolute Gasteiger partial charge is 0.465 e. The number of nitrogens with zero attached hydrogens (tertiary/aromatic N) is 1. The summed E-state index contributed by atoms with van der Waals surface area (Å²) in [5, 5.41) is 5.56. The molecule has 0 atom stereocenters. The molecule has 7 heteroatoms. The maximum atomic E-state index is 13.7. The molecule has 0 aliphatic rings. The monoisotopic (exact) mass is 365 g/mol. The summed E-state index contributed by atoms with van der Waals surface area (Å²) in [6, 6.07) is 15.6. The van der Waals surface area contributed by atoms with Crippen molar-refractivity contribution in [3.8, 4) is 0 Å². The molecule has 0 aliphatic heterocycles. The fourth-order valence-corrected chi connectivity index (χ4v) is 2.35. The Labute approximate surface area is 155 Å². The van der Waals surface area contributed by atoms with Crippen LogP contribution in [0.1, 0.15) is 20.7 Å². The maximum Gasteiger partial charge on any atom is 0.337 e. The highest BCUT2D eigenvalue weighted by molar-refractivity contribution is 6.04. The lowest BCUT2D eigenvalue weighted by Crippen LogP contribution is -2.13. The number of nitrogens with one attached hydrogen (secondary N) is 2. The molecule has 0 bridgehead atoms. The molecule has 0 fully saturated rings. The van der Waals surface area contributed by atoms with E-state index in [9.17, 15) is 14.0 Å². The van der Waals surface area contributed by atoms with Crippen molar-refractivity contribution >= 4 is 29.1 Å². The summed E-state index contributed by atoms with van der Waals surface area (Å²) in [4.78, 5) is 27.9. The lowest BCUT2D eigenvalue weighted by atomic mass is 10.2. The standard InChI is InChI=1S/C20H16FN3O3/c1-27-20(26)13-6-8-15(9-7-13)23-18-12-14(10-11-22-18)19(25)24-17-5-3-2-4-16(17)21/h2-12H,1H3,(H,22,23)(H,24,25). The third-order valence-electron chi connectivity index (χ3n) is 3.72. The van der Waals surface area contributed by atoms with Gasteiger partial charge in [0.15, 0.2) is 0 Å². The van der Waals surface area contributed by atoms with Crippen molar-refractivity contribution < 1.29 is 18.7 Å². The van der Waals surface area contributed by atoms with Crippen LogP contribution >= 0.6 is 0 Å². The van der Waals surface area contributed by atoms with Crippen molar-refractivity contribution in [3.63, 3.8) is 0 Å². The van der Waals surface area contributed by atoms with Crippen LogP contribution in [0.4, 0.5) is 21.6 Å². The molecular weight excluding hydrogens is 349 g/mol. The fraction of sp³-hybridized carbons (Fsp3) is 0.0500. The molecule has 1 heterocycles. The number of hydrogen-bond donors (Lipinski definition) is 2. The maximum absolute atomic E-state index is 13.7. The summed E-state index contributed by atoms with van der Waals surface area (Å²) in [5.74, 6) is -0.955. The number of esters is 1. The molecule has 0 unspecified atom stereocenters. The van der Waals surface area contributed by atoms with E-state index in [1.54, 1.807) is 42.5 Å². The molecule has 136 valence electrons. The van der Waals surface area contributed by atoms with E-state index in [-0.39, 0.29) is 5.69 Å². The van der Waals surface area contributed by atoms with E-state index in [0.29, 0.717) is 22.6 Å². The second kappa shape index (κ2) is 8.09. The molecule has 0 radical (unpaired) electrons. The Morgan fingerprint density at radius 3 is 2.44 bits per heavy atom. The first-order valence-electron chi connectivity index (χ1n) is 8.04. The van der Waals surface area contributed by atoms with Crippen LogP contribution in [-0.2, 0) is 4.74 Å². The molecule has 0 aliphatic carbocycles. The van der Waals surface area contributed by atoms with E-state index in [4.69, 9.17) is 0 Å². The minimum absolute atomic E-state index is 0.104. The number of carbonyl (C=O) groups excluding carboxylic acids is 2. The van der Waals surface area contributed by atoms with Crippen LogP contribution in [0.3, 0.4) is 0 Å². The van der Waals surface area contributed by atoms with Crippen LogP contribution in [0.2, 0.25) is 0 Å². The summed E-state index contributed by atoms with van der Waals surface area (Å²) in [7, 11) is 1.32. The smallest absolute Gasteiger partial charge is 0.337 e.